The zero-order valence-corrected chi connectivity index (χ0v) is 12.7. The number of carboxylic acids is 1. The Morgan fingerprint density at radius 2 is 2.21 bits per heavy atom. The molecule has 0 radical (unpaired) electrons. The molecule has 0 amide bonds. The van der Waals surface area contributed by atoms with Crippen LogP contribution in [0, 0.1) is 5.92 Å². The monoisotopic (exact) mass is 268 g/mol. The van der Waals surface area contributed by atoms with Crippen LogP contribution in [0.2, 0.25) is 0 Å². The zero-order valence-electron chi connectivity index (χ0n) is 12.7. The maximum atomic E-state index is 10.6. The van der Waals surface area contributed by atoms with Gasteiger partial charge in [-0.2, -0.15) is 0 Å². The van der Waals surface area contributed by atoms with Crippen LogP contribution in [0.4, 0.5) is 0 Å². The first-order valence-electron chi connectivity index (χ1n) is 7.32. The Balaban J connectivity index is 0.00000154. The second kappa shape index (κ2) is 10.8. The average molecular weight is 268 g/mol. The van der Waals surface area contributed by atoms with Crippen molar-refractivity contribution in [3.63, 3.8) is 0 Å². The molecule has 1 aliphatic rings. The van der Waals surface area contributed by atoms with Gasteiger partial charge in [-0.1, -0.05) is 52.3 Å². The Morgan fingerprint density at radius 1 is 1.53 bits per heavy atom. The predicted molar refractivity (Wildman–Crippen MR) is 79.3 cm³/mol. The summed E-state index contributed by atoms with van der Waals surface area (Å²) in [6.07, 6.45) is 9.07. The van der Waals surface area contributed by atoms with E-state index in [0.29, 0.717) is 5.92 Å². The van der Waals surface area contributed by atoms with Gasteiger partial charge in [0.25, 0.3) is 0 Å². The number of rotatable bonds is 6. The molecule has 0 aliphatic heterocycles. The number of ether oxygens (including phenoxy) is 1. The molecule has 0 bridgehead atoms. The summed E-state index contributed by atoms with van der Waals surface area (Å²) in [6, 6.07) is 0. The van der Waals surface area contributed by atoms with E-state index in [4.69, 9.17) is 9.84 Å². The molecule has 0 aromatic rings. The third-order valence-corrected chi connectivity index (χ3v) is 3.03. The van der Waals surface area contributed by atoms with E-state index in [1.54, 1.807) is 0 Å². The summed E-state index contributed by atoms with van der Waals surface area (Å²) in [4.78, 5) is 10.6. The van der Waals surface area contributed by atoms with Crippen molar-refractivity contribution < 1.29 is 14.6 Å². The normalized spacial score (nSPS) is 19.8. The minimum absolute atomic E-state index is 0.106. The number of hydrogen-bond acceptors (Lipinski definition) is 2. The lowest BCUT2D eigenvalue weighted by Gasteiger charge is -2.15. The van der Waals surface area contributed by atoms with Crippen LogP contribution in [0.15, 0.2) is 23.8 Å². The third kappa shape index (κ3) is 8.60. The summed E-state index contributed by atoms with van der Waals surface area (Å²) in [5, 5.41) is 8.73. The summed E-state index contributed by atoms with van der Waals surface area (Å²) in [5.74, 6) is -0.196. The van der Waals surface area contributed by atoms with Gasteiger partial charge < -0.3 is 9.84 Å². The molecule has 3 heteroatoms. The molecule has 0 saturated carbocycles. The van der Waals surface area contributed by atoms with Gasteiger partial charge in [0.1, 0.15) is 0 Å². The van der Waals surface area contributed by atoms with E-state index in [0.717, 1.165) is 31.4 Å². The van der Waals surface area contributed by atoms with Crippen molar-refractivity contribution in [3.05, 3.63) is 23.8 Å². The van der Waals surface area contributed by atoms with E-state index in [2.05, 4.69) is 13.8 Å². The molecule has 0 aromatic carbocycles. The molecular weight excluding hydrogens is 240 g/mol. The van der Waals surface area contributed by atoms with Crippen LogP contribution < -0.4 is 0 Å². The fourth-order valence-corrected chi connectivity index (χ4v) is 1.68. The van der Waals surface area contributed by atoms with Gasteiger partial charge in [0.2, 0.25) is 0 Å². The predicted octanol–water partition coefficient (Wildman–Crippen LogP) is 4.20. The molecule has 0 aromatic heterocycles. The minimum Gasteiger partial charge on any atom is -0.481 e. The molecule has 2 atom stereocenters. The fourth-order valence-electron chi connectivity index (χ4n) is 1.68. The molecule has 0 fully saturated rings. The summed E-state index contributed by atoms with van der Waals surface area (Å²) in [7, 11) is 0. The topological polar surface area (TPSA) is 46.5 Å². The molecule has 110 valence electrons. The largest absolute Gasteiger partial charge is 0.481 e. The molecule has 1 N–H and O–H groups in total. The number of hydrogen-bond donors (Lipinski definition) is 1. The highest BCUT2D eigenvalue weighted by Gasteiger charge is 2.11. The summed E-state index contributed by atoms with van der Waals surface area (Å²) in [5.41, 5.74) is 0.882. The lowest BCUT2D eigenvalue weighted by molar-refractivity contribution is -0.136. The first kappa shape index (κ1) is 17.9. The van der Waals surface area contributed by atoms with Crippen LogP contribution in [0.1, 0.15) is 53.4 Å². The van der Waals surface area contributed by atoms with E-state index in [1.807, 2.05) is 32.1 Å². The van der Waals surface area contributed by atoms with E-state index < -0.39 is 5.97 Å². The maximum absolute atomic E-state index is 10.6. The van der Waals surface area contributed by atoms with Gasteiger partial charge in [-0.25, -0.2) is 0 Å². The molecule has 0 saturated heterocycles. The molecule has 1 aliphatic carbocycles. The molecule has 1 rings (SSSR count). The second-order valence-corrected chi connectivity index (χ2v) is 4.67. The first-order valence-corrected chi connectivity index (χ1v) is 7.32. The highest BCUT2D eigenvalue weighted by Crippen LogP contribution is 2.17. The molecule has 19 heavy (non-hydrogen) atoms. The van der Waals surface area contributed by atoms with Gasteiger partial charge in [0.15, 0.2) is 0 Å². The molecule has 3 nitrogen and oxygen atoms in total. The van der Waals surface area contributed by atoms with Crippen molar-refractivity contribution in [3.8, 4) is 0 Å². The van der Waals surface area contributed by atoms with E-state index in [1.165, 1.54) is 0 Å². The molecule has 0 spiro atoms. The van der Waals surface area contributed by atoms with Crippen LogP contribution in [-0.4, -0.2) is 23.8 Å². The van der Waals surface area contributed by atoms with Crippen molar-refractivity contribution >= 4 is 5.97 Å². The third-order valence-electron chi connectivity index (χ3n) is 3.03. The summed E-state index contributed by atoms with van der Waals surface area (Å²) >= 11 is 0. The standard InChI is InChI=1S/C14H22O3.C2H6/c1-3-11(2)10-17-13-6-4-5-12(7-8-13)9-14(15)16;1-2/h5,7-8,11,13H,3-4,6,9-10H2,1-2H3,(H,15,16);1-2H3. The average Bonchev–Trinajstić information content (AvgIpc) is 2.63. The van der Waals surface area contributed by atoms with Crippen LogP contribution in [0.5, 0.6) is 0 Å². The van der Waals surface area contributed by atoms with Crippen LogP contribution in [-0.2, 0) is 9.53 Å². The molecule has 0 heterocycles. The highest BCUT2D eigenvalue weighted by atomic mass is 16.5. The van der Waals surface area contributed by atoms with Crippen molar-refractivity contribution in [1.82, 2.24) is 0 Å². The SMILES string of the molecule is CC.CCC(C)COC1C=CC(CC(=O)O)=CCC1. The van der Waals surface area contributed by atoms with Crippen molar-refractivity contribution in [1.29, 1.82) is 0 Å². The Bertz CT molecular complexity index is 305. The number of allylic oxidation sites excluding steroid dienone is 2. The Labute approximate surface area is 117 Å². The smallest absolute Gasteiger partial charge is 0.307 e. The summed E-state index contributed by atoms with van der Waals surface area (Å²) < 4.78 is 5.80. The molecule has 2 unspecified atom stereocenters. The minimum atomic E-state index is -0.778. The van der Waals surface area contributed by atoms with Gasteiger partial charge in [-0.15, -0.1) is 0 Å². The van der Waals surface area contributed by atoms with E-state index in [9.17, 15) is 4.79 Å². The quantitative estimate of drug-likeness (QED) is 0.785. The Hall–Kier alpha value is -1.09. The zero-order chi connectivity index (χ0) is 14.7. The second-order valence-electron chi connectivity index (χ2n) is 4.67. The lowest BCUT2D eigenvalue weighted by atomic mass is 10.1. The Morgan fingerprint density at radius 3 is 2.79 bits per heavy atom. The first-order chi connectivity index (χ1) is 9.11. The number of aliphatic carboxylic acids is 1. The van der Waals surface area contributed by atoms with E-state index in [-0.39, 0.29) is 12.5 Å². The van der Waals surface area contributed by atoms with Gasteiger partial charge in [-0.05, 0) is 24.3 Å². The number of carboxylic acid groups (broad SMARTS) is 1. The Kier molecular flexibility index (Phi) is 10.2. The van der Waals surface area contributed by atoms with Gasteiger partial charge in [0, 0.05) is 6.61 Å². The van der Waals surface area contributed by atoms with Crippen LogP contribution in [0.25, 0.3) is 0 Å². The number of carbonyl (C=O) groups is 1. The van der Waals surface area contributed by atoms with Gasteiger partial charge in [0.05, 0.1) is 12.5 Å². The van der Waals surface area contributed by atoms with Crippen LogP contribution >= 0.6 is 0 Å². The lowest BCUT2D eigenvalue weighted by Crippen LogP contribution is -2.14. The summed E-state index contributed by atoms with van der Waals surface area (Å²) in [6.45, 7) is 9.11. The molecular formula is C16H28O3. The maximum Gasteiger partial charge on any atom is 0.307 e. The van der Waals surface area contributed by atoms with Crippen molar-refractivity contribution in [2.45, 2.75) is 59.5 Å². The fraction of sp³-hybridized carbons (Fsp3) is 0.688. The van der Waals surface area contributed by atoms with Crippen molar-refractivity contribution in [2.75, 3.05) is 6.61 Å². The van der Waals surface area contributed by atoms with E-state index >= 15 is 0 Å². The van der Waals surface area contributed by atoms with Crippen LogP contribution in [0.3, 0.4) is 0 Å². The highest BCUT2D eigenvalue weighted by molar-refractivity contribution is 5.71. The van der Waals surface area contributed by atoms with Crippen molar-refractivity contribution in [2.24, 2.45) is 5.92 Å². The van der Waals surface area contributed by atoms with Gasteiger partial charge >= 0.3 is 5.97 Å². The van der Waals surface area contributed by atoms with Gasteiger partial charge in [-0.3, -0.25) is 4.79 Å².